The number of hydrogen-bond acceptors (Lipinski definition) is 4. The first kappa shape index (κ1) is 18.3. The lowest BCUT2D eigenvalue weighted by Crippen LogP contribution is -2.40. The van der Waals surface area contributed by atoms with Crippen molar-refractivity contribution in [3.8, 4) is 0 Å². The smallest absolute Gasteiger partial charge is 0.254 e. The molecule has 4 rings (SSSR count). The number of fused-ring (bicyclic) bond motifs is 1. The van der Waals surface area contributed by atoms with Crippen molar-refractivity contribution < 1.29 is 4.79 Å². The average molecular weight is 375 g/mol. The number of amides is 1. The van der Waals surface area contributed by atoms with Gasteiger partial charge in [-0.15, -0.1) is 5.73 Å². The number of nitrogens with one attached hydrogen (secondary N) is 3. The highest BCUT2D eigenvalue weighted by Crippen LogP contribution is 2.28. The molecule has 0 radical (unpaired) electrons. The molecule has 0 saturated carbocycles. The largest absolute Gasteiger partial charge is 0.381 e. The van der Waals surface area contributed by atoms with Crippen LogP contribution in [0.3, 0.4) is 0 Å². The molecule has 1 saturated heterocycles. The molecule has 28 heavy (non-hydrogen) atoms. The third kappa shape index (κ3) is 3.93. The zero-order chi connectivity index (χ0) is 19.3. The number of allylic oxidation sites excluding steroid dienone is 3. The molecule has 2 aromatic heterocycles. The van der Waals surface area contributed by atoms with Crippen molar-refractivity contribution in [1.82, 2.24) is 20.2 Å². The number of hydrogen-bond donors (Lipinski definition) is 3. The molecule has 0 bridgehead atoms. The Morgan fingerprint density at radius 2 is 2.21 bits per heavy atom. The van der Waals surface area contributed by atoms with Crippen LogP contribution in [0.15, 0.2) is 60.1 Å². The highest BCUT2D eigenvalue weighted by Gasteiger charge is 2.23. The Morgan fingerprint density at radius 1 is 1.36 bits per heavy atom. The van der Waals surface area contributed by atoms with Crippen molar-refractivity contribution in [3.63, 3.8) is 0 Å². The number of anilines is 1. The van der Waals surface area contributed by atoms with Crippen molar-refractivity contribution in [2.45, 2.75) is 18.9 Å². The first-order chi connectivity index (χ1) is 13.7. The number of carbonyl (C=O) groups is 1. The van der Waals surface area contributed by atoms with Gasteiger partial charge in [-0.25, -0.2) is 4.98 Å². The number of likely N-dealkylation sites (tertiary alicyclic amines) is 1. The third-order valence-electron chi connectivity index (χ3n) is 5.30. The molecule has 3 heterocycles. The molecule has 0 atom stereocenters. The van der Waals surface area contributed by atoms with Gasteiger partial charge >= 0.3 is 0 Å². The van der Waals surface area contributed by atoms with Crippen LogP contribution < -0.4 is 10.6 Å². The molecule has 6 heteroatoms. The maximum atomic E-state index is 12.3. The number of piperidine rings is 1. The summed E-state index contributed by atoms with van der Waals surface area (Å²) >= 11 is 0. The molecule has 0 spiro atoms. The molecule has 2 aliphatic rings. The lowest BCUT2D eigenvalue weighted by Gasteiger charge is -2.33. The number of rotatable bonds is 5. The van der Waals surface area contributed by atoms with Crippen LogP contribution in [-0.2, 0) is 0 Å². The monoisotopic (exact) mass is 375 g/mol. The number of aromatic nitrogens is 2. The predicted molar refractivity (Wildman–Crippen MR) is 112 cm³/mol. The standard InChI is InChI=1S/C22H25N5O/c1-23-22(28)19-14-25-21-18(8-11-24-21)20(19)26-17-9-12-27(13-10-17)15-16-6-4-2-3-5-7-16/h2,4-8,11,14,17H,9-10,12-13,15H2,1H3,(H,23,28)(H2,24,25,26). The summed E-state index contributed by atoms with van der Waals surface area (Å²) in [5, 5.41) is 7.30. The first-order valence-electron chi connectivity index (χ1n) is 9.70. The van der Waals surface area contributed by atoms with Gasteiger partial charge < -0.3 is 15.6 Å². The summed E-state index contributed by atoms with van der Waals surface area (Å²) in [5.41, 5.74) is 6.65. The summed E-state index contributed by atoms with van der Waals surface area (Å²) in [6, 6.07) is 2.30. The van der Waals surface area contributed by atoms with Gasteiger partial charge in [0, 0.05) is 50.5 Å². The van der Waals surface area contributed by atoms with Gasteiger partial charge in [0.15, 0.2) is 0 Å². The molecule has 6 nitrogen and oxygen atoms in total. The van der Waals surface area contributed by atoms with Crippen molar-refractivity contribution in [1.29, 1.82) is 0 Å². The van der Waals surface area contributed by atoms with E-state index in [1.54, 1.807) is 13.2 Å². The van der Waals surface area contributed by atoms with Crippen LogP contribution >= 0.6 is 0 Å². The molecule has 1 amide bonds. The van der Waals surface area contributed by atoms with Crippen LogP contribution in [-0.4, -0.2) is 53.5 Å². The van der Waals surface area contributed by atoms with Crippen LogP contribution in [0.2, 0.25) is 0 Å². The fraction of sp³-hybridized carbons (Fsp3) is 0.318. The van der Waals surface area contributed by atoms with Gasteiger partial charge in [-0.2, -0.15) is 0 Å². The van der Waals surface area contributed by atoms with Crippen molar-refractivity contribution in [2.75, 3.05) is 32.0 Å². The quantitative estimate of drug-likeness (QED) is 0.703. The van der Waals surface area contributed by atoms with Gasteiger partial charge in [-0.1, -0.05) is 12.2 Å². The van der Waals surface area contributed by atoms with E-state index in [1.807, 2.05) is 30.5 Å². The molecule has 1 aliphatic heterocycles. The number of nitrogens with zero attached hydrogens (tertiary/aromatic N) is 2. The Labute approximate surface area is 164 Å². The summed E-state index contributed by atoms with van der Waals surface area (Å²) in [6.45, 7) is 3.00. The second kappa shape index (κ2) is 8.30. The molecule has 1 fully saturated rings. The van der Waals surface area contributed by atoms with Crippen molar-refractivity contribution in [2.24, 2.45) is 0 Å². The Bertz CT molecular complexity index is 986. The van der Waals surface area contributed by atoms with E-state index < -0.39 is 0 Å². The topological polar surface area (TPSA) is 73.0 Å². The van der Waals surface area contributed by atoms with E-state index in [0.717, 1.165) is 49.2 Å². The number of H-pyrrole nitrogens is 1. The highest BCUT2D eigenvalue weighted by molar-refractivity contribution is 6.06. The van der Waals surface area contributed by atoms with Crippen molar-refractivity contribution in [3.05, 3.63) is 65.7 Å². The van der Waals surface area contributed by atoms with E-state index in [2.05, 4.69) is 43.4 Å². The maximum Gasteiger partial charge on any atom is 0.254 e. The minimum absolute atomic E-state index is 0.121. The van der Waals surface area contributed by atoms with Crippen molar-refractivity contribution >= 4 is 22.6 Å². The van der Waals surface area contributed by atoms with Crippen LogP contribution in [0.1, 0.15) is 23.2 Å². The number of pyridine rings is 1. The van der Waals surface area contributed by atoms with E-state index in [0.29, 0.717) is 11.6 Å². The maximum absolute atomic E-state index is 12.3. The van der Waals surface area contributed by atoms with Crippen LogP contribution in [0.4, 0.5) is 5.69 Å². The molecule has 3 N–H and O–H groups in total. The Hall–Kier alpha value is -3.08. The summed E-state index contributed by atoms with van der Waals surface area (Å²) in [6.07, 6.45) is 15.8. The van der Waals surface area contributed by atoms with Gasteiger partial charge in [0.25, 0.3) is 5.91 Å². The minimum Gasteiger partial charge on any atom is -0.381 e. The third-order valence-corrected chi connectivity index (χ3v) is 5.30. The van der Waals surface area contributed by atoms with Gasteiger partial charge in [0.05, 0.1) is 11.3 Å². The van der Waals surface area contributed by atoms with Crippen LogP contribution in [0.25, 0.3) is 11.0 Å². The number of aromatic amines is 1. The zero-order valence-electron chi connectivity index (χ0n) is 16.0. The van der Waals surface area contributed by atoms with E-state index in [-0.39, 0.29) is 5.91 Å². The fourth-order valence-electron chi connectivity index (χ4n) is 3.77. The summed E-state index contributed by atoms with van der Waals surface area (Å²) in [5.74, 6) is -0.121. The average Bonchev–Trinajstić information content (AvgIpc) is 3.06. The normalized spacial score (nSPS) is 17.5. The lowest BCUT2D eigenvalue weighted by atomic mass is 10.0. The number of carbonyl (C=O) groups excluding carboxylic acids is 1. The fourth-order valence-corrected chi connectivity index (χ4v) is 3.77. The molecule has 0 unspecified atom stereocenters. The molecular weight excluding hydrogens is 350 g/mol. The first-order valence-corrected chi connectivity index (χ1v) is 9.70. The summed E-state index contributed by atoms with van der Waals surface area (Å²) in [4.78, 5) is 22.3. The van der Waals surface area contributed by atoms with E-state index in [4.69, 9.17) is 0 Å². The molecule has 0 aromatic carbocycles. The Kier molecular flexibility index (Phi) is 5.42. The lowest BCUT2D eigenvalue weighted by molar-refractivity contribution is 0.0963. The second-order valence-electron chi connectivity index (χ2n) is 7.16. The van der Waals surface area contributed by atoms with Gasteiger partial charge in [0.1, 0.15) is 5.65 Å². The van der Waals surface area contributed by atoms with Gasteiger partial charge in [0.2, 0.25) is 0 Å². The molecular formula is C22H25N5O. The summed E-state index contributed by atoms with van der Waals surface area (Å²) < 4.78 is 0. The van der Waals surface area contributed by atoms with Crippen LogP contribution in [0.5, 0.6) is 0 Å². The van der Waals surface area contributed by atoms with E-state index >= 15 is 0 Å². The predicted octanol–water partition coefficient (Wildman–Crippen LogP) is 3.01. The highest BCUT2D eigenvalue weighted by atomic mass is 16.1. The SMILES string of the molecule is CNC(=O)c1cnc2[nH]ccc2c1NC1CCN(CC2=CC=C=CC=C2)CC1. The zero-order valence-corrected chi connectivity index (χ0v) is 16.0. The second-order valence-corrected chi connectivity index (χ2v) is 7.16. The Balaban J connectivity index is 1.44. The van der Waals surface area contributed by atoms with E-state index in [1.165, 1.54) is 5.57 Å². The van der Waals surface area contributed by atoms with E-state index in [9.17, 15) is 4.79 Å². The molecule has 1 aliphatic carbocycles. The van der Waals surface area contributed by atoms with Gasteiger partial charge in [-0.05, 0) is 42.7 Å². The van der Waals surface area contributed by atoms with Crippen LogP contribution in [0, 0.1) is 0 Å². The molecule has 2 aromatic rings. The van der Waals surface area contributed by atoms with Gasteiger partial charge in [-0.3, -0.25) is 9.69 Å². The summed E-state index contributed by atoms with van der Waals surface area (Å²) in [7, 11) is 1.65. The Morgan fingerprint density at radius 3 is 3.04 bits per heavy atom. The molecule has 144 valence electrons. The minimum atomic E-state index is -0.121.